The molecule has 1 saturated heterocycles. The third-order valence-electron chi connectivity index (χ3n) is 20.5. The lowest BCUT2D eigenvalue weighted by atomic mass is 9.93. The van der Waals surface area contributed by atoms with Crippen LogP contribution in [-0.2, 0) is 95.9 Å². The van der Waals surface area contributed by atoms with Crippen LogP contribution in [0.5, 0.6) is 0 Å². The largest absolute Gasteiger partial charge is 0.394 e. The lowest BCUT2D eigenvalue weighted by molar-refractivity contribution is -0.145. The molecule has 0 aromatic carbocycles. The molecule has 1 rings (SSSR count). The van der Waals surface area contributed by atoms with E-state index in [4.69, 9.17) is 11.5 Å². The van der Waals surface area contributed by atoms with Crippen molar-refractivity contribution in [2.75, 3.05) is 26.2 Å². The number of hydrogen-bond donors (Lipinski definition) is 20. The van der Waals surface area contributed by atoms with Crippen LogP contribution in [0.3, 0.4) is 0 Å². The van der Waals surface area contributed by atoms with Gasteiger partial charge in [0.25, 0.3) is 0 Å². The molecule has 1 fully saturated rings. The smallest absolute Gasteiger partial charge is 0.248 e. The summed E-state index contributed by atoms with van der Waals surface area (Å²) in [5, 5.41) is 53.6. The van der Waals surface area contributed by atoms with Crippen molar-refractivity contribution in [3.63, 3.8) is 0 Å². The van der Waals surface area contributed by atoms with Gasteiger partial charge < -0.3 is 112 Å². The molecule has 1 heterocycles. The summed E-state index contributed by atoms with van der Waals surface area (Å²) in [5.41, 5.74) is -2.96. The minimum Gasteiger partial charge on any atom is -0.394 e. The van der Waals surface area contributed by atoms with Crippen LogP contribution in [0.25, 0.3) is 0 Å². The second-order valence-corrected chi connectivity index (χ2v) is 36.7. The fourth-order valence-corrected chi connectivity index (χ4v) is 12.5. The molecule has 22 N–H and O–H groups in total. The van der Waals surface area contributed by atoms with Crippen LogP contribution in [0.15, 0.2) is 0 Å². The summed E-state index contributed by atoms with van der Waals surface area (Å²) in [6.45, 7) is 37.0. The predicted molar refractivity (Wildman–Crippen MR) is 450 cm³/mol. The van der Waals surface area contributed by atoms with Crippen molar-refractivity contribution >= 4 is 118 Å². The van der Waals surface area contributed by atoms with Gasteiger partial charge in [-0.3, -0.25) is 95.9 Å². The number of nitrogens with one attached hydrogen (secondary N) is 17. The van der Waals surface area contributed by atoms with Gasteiger partial charge in [-0.15, -0.1) is 0 Å². The normalized spacial score (nSPS) is 16.0. The van der Waals surface area contributed by atoms with Gasteiger partial charge in [0.2, 0.25) is 118 Å². The second-order valence-electron chi connectivity index (χ2n) is 36.7. The Kier molecular flexibility index (Phi) is 41.7. The van der Waals surface area contributed by atoms with Gasteiger partial charge >= 0.3 is 0 Å². The number of amides is 20. The summed E-state index contributed by atoms with van der Waals surface area (Å²) in [7, 11) is 0. The summed E-state index contributed by atoms with van der Waals surface area (Å²) in [4.78, 5) is 272. The van der Waals surface area contributed by atoms with E-state index in [9.17, 15) is 101 Å². The minimum atomic E-state index is -1.89. The molecule has 10 unspecified atom stereocenters. The van der Waals surface area contributed by atoms with Gasteiger partial charge in [-0.2, -0.15) is 0 Å². The molecule has 0 aliphatic carbocycles. The Morgan fingerprint density at radius 1 is 0.393 bits per heavy atom. The molecule has 1 aliphatic heterocycles. The van der Waals surface area contributed by atoms with Crippen molar-refractivity contribution in [1.29, 1.82) is 0 Å². The van der Waals surface area contributed by atoms with Crippen molar-refractivity contribution in [3.05, 3.63) is 0 Å². The van der Waals surface area contributed by atoms with E-state index in [-0.39, 0.29) is 69.2 Å². The van der Waals surface area contributed by atoms with E-state index in [0.29, 0.717) is 12.8 Å². The summed E-state index contributed by atoms with van der Waals surface area (Å²) >= 11 is 0. The van der Waals surface area contributed by atoms with Crippen molar-refractivity contribution in [1.82, 2.24) is 95.3 Å². The van der Waals surface area contributed by atoms with Gasteiger partial charge in [0.05, 0.1) is 25.7 Å². The Morgan fingerprint density at radius 2 is 0.762 bits per heavy atom. The SMILES string of the molecule is CCC(C)(NC(=O)C(C)(C)NC(=O)C(C)NC(=O)CNC(=O)C(C)(C)NC(C)=O)C(=O)NC(CCC(N)=O)C(=O)NC(C)(C)C(=O)NC(C(=O)NC(C)(C)C(=O)NCC(=O)NC(CC(C)C)C(=O)NC(C)(C)C(=O)N1CCCC1C(=O)NC(CC(C)C)C(=O)NC(C)(C)C(=O)NC(C)(CC)C(=O)NC(CCC(N)=O)C(=O)NC(CO)CC(C)C)C(C)C. The average Bonchev–Trinajstić information content (AvgIpc) is 1.69. The fraction of sp³-hybridized carbons (Fsp3) is 0.753. The van der Waals surface area contributed by atoms with Crippen LogP contribution in [0.1, 0.15) is 251 Å². The molecular weight excluding hydrogens is 1590 g/mol. The Bertz CT molecular complexity index is 3820. The van der Waals surface area contributed by atoms with E-state index in [1.54, 1.807) is 48.5 Å². The van der Waals surface area contributed by atoms with Crippen molar-refractivity contribution < 1.29 is 101 Å². The first-order chi connectivity index (χ1) is 55.7. The molecule has 1 aliphatic rings. The van der Waals surface area contributed by atoms with E-state index < -0.39 is 249 Å². The number of nitrogens with two attached hydrogens (primary N) is 2. The van der Waals surface area contributed by atoms with E-state index >= 15 is 0 Å². The molecule has 0 aromatic heterocycles. The highest BCUT2D eigenvalue weighted by Crippen LogP contribution is 2.25. The zero-order valence-corrected chi connectivity index (χ0v) is 76.2. The van der Waals surface area contributed by atoms with Crippen LogP contribution in [0, 0.1) is 23.7 Å². The molecule has 10 atom stereocenters. The Labute approximate surface area is 716 Å². The standard InChI is InChI=1S/C81H142N20O21/c1-27-80(25,71(120)90-49(31-33-54(82)104)60(109)87-48(41-102)36-42(3)4)100-70(119)78(21,22)96-63(112)52(38-44(7)8)89-64(113)53-30-29-35-101(53)73(122)79(23,24)97-62(111)51(37-43(5)6)88-57(107)40-85-67(116)75(15,16)98-65(114)58(45(9)10)92-68(117)76(17,18)95-61(110)50(32-34-55(83)105)91-72(121)81(26,28-2)99-69(118)77(19,20)94-59(108)46(11)86-56(106)39-84-66(115)74(13,14)93-47(12)103/h42-46,48-53,58,102H,27-41H2,1-26H3,(H2,82,104)(H2,83,105)(H,84,115)(H,85,116)(H,86,106)(H,87,109)(H,88,107)(H,89,113)(H,90,120)(H,91,121)(H,92,117)(H,93,103)(H,94,108)(H,95,110)(H,96,112)(H,97,111)(H,98,114)(H,99,118)(H,100,119). The number of likely N-dealkylation sites (tertiary alicyclic amines) is 1. The van der Waals surface area contributed by atoms with E-state index in [1.165, 1.54) is 123 Å². The summed E-state index contributed by atoms with van der Waals surface area (Å²) in [5.74, 6) is -17.1. The summed E-state index contributed by atoms with van der Waals surface area (Å²) < 4.78 is 0. The third kappa shape index (κ3) is 35.1. The molecule has 0 radical (unpaired) electrons. The summed E-state index contributed by atoms with van der Waals surface area (Å²) in [6.07, 6.45) is -0.437. The molecule has 0 spiro atoms. The van der Waals surface area contributed by atoms with E-state index in [1.807, 2.05) is 13.8 Å². The number of rotatable bonds is 50. The first-order valence-corrected chi connectivity index (χ1v) is 41.4. The summed E-state index contributed by atoms with van der Waals surface area (Å²) in [6, 6.07) is -9.89. The molecule has 41 nitrogen and oxygen atoms in total. The number of carbonyl (C=O) groups is 20. The quantitative estimate of drug-likeness (QED) is 0.0287. The maximum atomic E-state index is 14.6. The van der Waals surface area contributed by atoms with Crippen LogP contribution < -0.4 is 102 Å². The maximum absolute atomic E-state index is 14.6. The Balaban J connectivity index is 3.24. The maximum Gasteiger partial charge on any atom is 0.248 e. The highest BCUT2D eigenvalue weighted by atomic mass is 16.3. The molecular formula is C81H142N20O21. The third-order valence-corrected chi connectivity index (χ3v) is 20.5. The van der Waals surface area contributed by atoms with Crippen LogP contribution in [0.2, 0.25) is 0 Å². The van der Waals surface area contributed by atoms with Gasteiger partial charge in [0.15, 0.2) is 0 Å². The highest BCUT2D eigenvalue weighted by molar-refractivity contribution is 6.04. The molecule has 41 heteroatoms. The van der Waals surface area contributed by atoms with Crippen LogP contribution in [0.4, 0.5) is 0 Å². The number of nitrogens with zero attached hydrogens (tertiary/aromatic N) is 1. The van der Waals surface area contributed by atoms with Crippen LogP contribution in [-0.4, -0.2) is 247 Å². The first kappa shape index (κ1) is 109. The van der Waals surface area contributed by atoms with E-state index in [2.05, 4.69) is 90.4 Å². The highest BCUT2D eigenvalue weighted by Gasteiger charge is 2.48. The number of primary amides is 2. The monoisotopic (exact) mass is 1730 g/mol. The van der Waals surface area contributed by atoms with Crippen molar-refractivity contribution in [2.24, 2.45) is 35.1 Å². The van der Waals surface area contributed by atoms with Crippen molar-refractivity contribution in [3.8, 4) is 0 Å². The number of aliphatic hydroxyl groups is 1. The predicted octanol–water partition coefficient (Wildman–Crippen LogP) is -3.10. The molecule has 0 aromatic rings. The average molecular weight is 1730 g/mol. The van der Waals surface area contributed by atoms with E-state index in [0.717, 1.165) is 0 Å². The molecule has 20 amide bonds. The fourth-order valence-electron chi connectivity index (χ4n) is 12.5. The molecule has 122 heavy (non-hydrogen) atoms. The zero-order chi connectivity index (χ0) is 94.7. The topological polar surface area (TPSA) is 621 Å². The van der Waals surface area contributed by atoms with Crippen molar-refractivity contribution in [2.45, 2.75) is 343 Å². The number of aliphatic hydroxyl groups excluding tert-OH is 1. The van der Waals surface area contributed by atoms with Gasteiger partial charge in [0.1, 0.15) is 86.6 Å². The molecule has 692 valence electrons. The molecule has 0 saturated carbocycles. The Hall–Kier alpha value is -10.6. The molecule has 0 bridgehead atoms. The lowest BCUT2D eigenvalue weighted by Crippen LogP contribution is -2.67. The first-order valence-electron chi connectivity index (χ1n) is 41.4. The van der Waals surface area contributed by atoms with Crippen LogP contribution >= 0.6 is 0 Å². The van der Waals surface area contributed by atoms with Gasteiger partial charge in [-0.25, -0.2) is 0 Å². The zero-order valence-electron chi connectivity index (χ0n) is 76.2. The van der Waals surface area contributed by atoms with Gasteiger partial charge in [-0.05, 0) is 185 Å². The minimum absolute atomic E-state index is 0.0131. The number of carbonyl (C=O) groups excluding carboxylic acids is 20. The Morgan fingerprint density at radius 3 is 1.16 bits per heavy atom. The van der Waals surface area contributed by atoms with Gasteiger partial charge in [0, 0.05) is 26.3 Å². The van der Waals surface area contributed by atoms with Gasteiger partial charge in [-0.1, -0.05) is 69.2 Å². The lowest BCUT2D eigenvalue weighted by Gasteiger charge is -2.36. The second kappa shape index (κ2) is 46.6. The number of hydrogen-bond acceptors (Lipinski definition) is 21.